The van der Waals surface area contributed by atoms with Crippen molar-refractivity contribution < 1.29 is 0 Å². The molecule has 0 amide bonds. The van der Waals surface area contributed by atoms with Crippen molar-refractivity contribution in [3.63, 3.8) is 0 Å². The zero-order valence-corrected chi connectivity index (χ0v) is 13.9. The molecule has 0 N–H and O–H groups in total. The third-order valence-electron chi connectivity index (χ3n) is 3.44. The van der Waals surface area contributed by atoms with Crippen LogP contribution in [0.25, 0.3) is 0 Å². The maximum absolute atomic E-state index is 4.88. The van der Waals surface area contributed by atoms with Gasteiger partial charge in [-0.05, 0) is 12.1 Å². The van der Waals surface area contributed by atoms with Crippen LogP contribution < -0.4 is 0 Å². The molecule has 0 aromatic carbocycles. The van der Waals surface area contributed by atoms with Gasteiger partial charge >= 0.3 is 0 Å². The summed E-state index contributed by atoms with van der Waals surface area (Å²) in [6, 6.07) is 4.00. The molecule has 21 heavy (non-hydrogen) atoms. The quantitative estimate of drug-likeness (QED) is 0.853. The summed E-state index contributed by atoms with van der Waals surface area (Å²) in [5, 5.41) is 2.15. The molecule has 112 valence electrons. The number of aliphatic imine (C=N–C) groups is 2. The Labute approximate surface area is 133 Å². The first-order chi connectivity index (χ1) is 10.2. The van der Waals surface area contributed by atoms with E-state index in [-0.39, 0.29) is 6.17 Å². The summed E-state index contributed by atoms with van der Waals surface area (Å²) >= 11 is 3.61. The second kappa shape index (κ2) is 6.70. The Bertz CT molecular complexity index is 516. The monoisotopic (exact) mass is 321 g/mol. The van der Waals surface area contributed by atoms with Crippen molar-refractivity contribution in [1.82, 2.24) is 14.8 Å². The molecule has 1 aromatic heterocycles. The number of amidine groups is 2. The summed E-state index contributed by atoms with van der Waals surface area (Å²) in [5.74, 6) is 2.20. The van der Waals surface area contributed by atoms with Gasteiger partial charge in [0.2, 0.25) is 0 Å². The Morgan fingerprint density at radius 2 is 1.52 bits per heavy atom. The van der Waals surface area contributed by atoms with Crippen LogP contribution in [-0.2, 0) is 0 Å². The van der Waals surface area contributed by atoms with Crippen molar-refractivity contribution >= 4 is 33.9 Å². The maximum atomic E-state index is 4.88. The Hall–Kier alpha value is -1.21. The fourth-order valence-electron chi connectivity index (χ4n) is 2.15. The number of nitrogens with zero attached hydrogens (tertiary/aromatic N) is 5. The van der Waals surface area contributed by atoms with E-state index < -0.39 is 0 Å². The third-order valence-corrected chi connectivity index (χ3v) is 5.56. The van der Waals surface area contributed by atoms with E-state index in [0.29, 0.717) is 0 Å². The molecular weight excluding hydrogens is 302 g/mol. The van der Waals surface area contributed by atoms with Crippen LogP contribution in [0.2, 0.25) is 0 Å². The number of hydrogen-bond acceptors (Lipinski definition) is 5. The summed E-state index contributed by atoms with van der Waals surface area (Å²) in [7, 11) is 4.18. The number of pyridine rings is 1. The Morgan fingerprint density at radius 1 is 1.00 bits per heavy atom. The molecule has 2 saturated heterocycles. The van der Waals surface area contributed by atoms with Crippen LogP contribution in [0.3, 0.4) is 0 Å². The molecule has 0 saturated carbocycles. The summed E-state index contributed by atoms with van der Waals surface area (Å²) in [6.07, 6.45) is 3.43. The minimum absolute atomic E-state index is 0.181. The third kappa shape index (κ3) is 3.52. The van der Waals surface area contributed by atoms with Gasteiger partial charge in [-0.2, -0.15) is 0 Å². The van der Waals surface area contributed by atoms with E-state index in [1.807, 2.05) is 12.1 Å². The largest absolute Gasteiger partial charge is 0.354 e. The van der Waals surface area contributed by atoms with Gasteiger partial charge in [-0.15, -0.1) is 0 Å². The summed E-state index contributed by atoms with van der Waals surface area (Å²) in [5.41, 5.74) is 1.09. The molecule has 0 bridgehead atoms. The van der Waals surface area contributed by atoms with Crippen LogP contribution in [0.1, 0.15) is 11.7 Å². The van der Waals surface area contributed by atoms with Crippen molar-refractivity contribution in [2.24, 2.45) is 9.98 Å². The fraction of sp³-hybridized carbons (Fsp3) is 0.500. The van der Waals surface area contributed by atoms with Gasteiger partial charge in [-0.3, -0.25) is 4.98 Å². The topological polar surface area (TPSA) is 44.1 Å². The molecule has 0 atom stereocenters. The highest BCUT2D eigenvalue weighted by atomic mass is 32.2. The highest BCUT2D eigenvalue weighted by molar-refractivity contribution is 8.14. The Balaban J connectivity index is 1.92. The number of hydrogen-bond donors (Lipinski definition) is 0. The van der Waals surface area contributed by atoms with Crippen molar-refractivity contribution in [3.05, 3.63) is 30.1 Å². The van der Waals surface area contributed by atoms with E-state index in [0.717, 1.165) is 40.5 Å². The lowest BCUT2D eigenvalue weighted by atomic mass is 10.2. The van der Waals surface area contributed by atoms with Gasteiger partial charge in [0.1, 0.15) is 0 Å². The molecule has 0 radical (unpaired) electrons. The lowest BCUT2D eigenvalue weighted by Gasteiger charge is -2.16. The van der Waals surface area contributed by atoms with Gasteiger partial charge in [0.05, 0.1) is 0 Å². The molecule has 0 spiro atoms. The molecule has 1 aromatic rings. The van der Waals surface area contributed by atoms with E-state index in [2.05, 4.69) is 28.9 Å². The summed E-state index contributed by atoms with van der Waals surface area (Å²) < 4.78 is 0. The van der Waals surface area contributed by atoms with Crippen LogP contribution in [0.5, 0.6) is 0 Å². The first kappa shape index (κ1) is 14.7. The van der Waals surface area contributed by atoms with E-state index >= 15 is 0 Å². The standard InChI is InChI=1S/C14H19N5S2/c1-18-7-9-20-13(18)16-12(11-3-5-15-6-4-11)17-14-19(2)8-10-21-14/h3-6,12H,7-10H2,1-2H3/b16-13-,17-14-. The molecule has 5 nitrogen and oxygen atoms in total. The predicted molar refractivity (Wildman–Crippen MR) is 92.0 cm³/mol. The zero-order valence-electron chi connectivity index (χ0n) is 12.3. The van der Waals surface area contributed by atoms with Crippen molar-refractivity contribution in [2.45, 2.75) is 6.17 Å². The molecule has 2 fully saturated rings. The van der Waals surface area contributed by atoms with E-state index in [1.54, 1.807) is 35.9 Å². The van der Waals surface area contributed by atoms with Gasteiger partial charge in [-0.25, -0.2) is 9.98 Å². The molecule has 2 aliphatic heterocycles. The minimum Gasteiger partial charge on any atom is -0.354 e. The second-order valence-corrected chi connectivity index (χ2v) is 7.14. The van der Waals surface area contributed by atoms with Crippen molar-refractivity contribution in [3.8, 4) is 0 Å². The predicted octanol–water partition coefficient (Wildman–Crippen LogP) is 2.15. The number of aromatic nitrogens is 1. The lowest BCUT2D eigenvalue weighted by Crippen LogP contribution is -2.21. The SMILES string of the molecule is CN1CCS/C1=N\C(/N=C1\SCCN1C)c1ccncc1. The summed E-state index contributed by atoms with van der Waals surface area (Å²) in [4.78, 5) is 18.2. The summed E-state index contributed by atoms with van der Waals surface area (Å²) in [6.45, 7) is 2.11. The zero-order chi connectivity index (χ0) is 14.7. The molecule has 3 heterocycles. The van der Waals surface area contributed by atoms with E-state index in [4.69, 9.17) is 9.98 Å². The second-order valence-electron chi connectivity index (χ2n) is 5.02. The fourth-order valence-corrected chi connectivity index (χ4v) is 4.22. The minimum atomic E-state index is -0.181. The average molecular weight is 321 g/mol. The smallest absolute Gasteiger partial charge is 0.170 e. The normalized spacial score (nSPS) is 23.0. The molecular formula is C14H19N5S2. The van der Waals surface area contributed by atoms with Gasteiger partial charge in [0, 0.05) is 56.6 Å². The first-order valence-corrected chi connectivity index (χ1v) is 8.94. The lowest BCUT2D eigenvalue weighted by molar-refractivity contribution is 0.546. The molecule has 0 unspecified atom stereocenters. The first-order valence-electron chi connectivity index (χ1n) is 6.97. The maximum Gasteiger partial charge on any atom is 0.170 e. The van der Waals surface area contributed by atoms with Crippen LogP contribution in [0, 0.1) is 0 Å². The van der Waals surface area contributed by atoms with Gasteiger partial charge in [0.25, 0.3) is 0 Å². The van der Waals surface area contributed by atoms with Gasteiger partial charge in [-0.1, -0.05) is 23.5 Å². The number of rotatable bonds is 3. The van der Waals surface area contributed by atoms with Crippen LogP contribution in [0.4, 0.5) is 0 Å². The molecule has 2 aliphatic rings. The van der Waals surface area contributed by atoms with Gasteiger partial charge in [0.15, 0.2) is 16.5 Å². The van der Waals surface area contributed by atoms with E-state index in [1.165, 1.54) is 0 Å². The van der Waals surface area contributed by atoms with Crippen molar-refractivity contribution in [1.29, 1.82) is 0 Å². The van der Waals surface area contributed by atoms with Crippen molar-refractivity contribution in [2.75, 3.05) is 38.7 Å². The average Bonchev–Trinajstić information content (AvgIpc) is 3.09. The van der Waals surface area contributed by atoms with Crippen LogP contribution in [-0.4, -0.2) is 63.8 Å². The number of thioether (sulfide) groups is 2. The highest BCUT2D eigenvalue weighted by Gasteiger charge is 2.21. The highest BCUT2D eigenvalue weighted by Crippen LogP contribution is 2.27. The van der Waals surface area contributed by atoms with E-state index in [9.17, 15) is 0 Å². The molecule has 3 rings (SSSR count). The Kier molecular flexibility index (Phi) is 4.70. The Morgan fingerprint density at radius 3 is 1.95 bits per heavy atom. The molecule has 7 heteroatoms. The molecule has 0 aliphatic carbocycles. The van der Waals surface area contributed by atoms with Crippen LogP contribution in [0.15, 0.2) is 34.5 Å². The van der Waals surface area contributed by atoms with Crippen LogP contribution >= 0.6 is 23.5 Å². The van der Waals surface area contributed by atoms with Gasteiger partial charge < -0.3 is 9.80 Å².